The number of imidazole rings is 1. The third-order valence-electron chi connectivity index (χ3n) is 3.78. The number of primary amides is 1. The van der Waals surface area contributed by atoms with Crippen molar-refractivity contribution in [2.24, 2.45) is 5.73 Å². The maximum Gasteiger partial charge on any atom is 0.268 e. The average molecular weight is 250 g/mol. The Kier molecular flexibility index (Phi) is 3.05. The lowest BCUT2D eigenvalue weighted by atomic mass is 10.2. The summed E-state index contributed by atoms with van der Waals surface area (Å²) in [5, 5.41) is 0. The molecule has 1 unspecified atom stereocenters. The molecule has 0 aromatic carbocycles. The first kappa shape index (κ1) is 11.7. The topological polar surface area (TPSA) is 73.4 Å². The Morgan fingerprint density at radius 2 is 2.33 bits per heavy atom. The van der Waals surface area contributed by atoms with Crippen LogP contribution in [-0.4, -0.2) is 52.7 Å². The van der Waals surface area contributed by atoms with E-state index in [2.05, 4.69) is 14.5 Å². The lowest BCUT2D eigenvalue weighted by molar-refractivity contribution is 0.0995. The van der Waals surface area contributed by atoms with E-state index in [-0.39, 0.29) is 0 Å². The first-order valence-electron chi connectivity index (χ1n) is 6.41. The molecule has 2 aliphatic heterocycles. The van der Waals surface area contributed by atoms with Gasteiger partial charge in [-0.15, -0.1) is 0 Å². The van der Waals surface area contributed by atoms with Crippen molar-refractivity contribution in [2.45, 2.75) is 25.4 Å². The molecule has 2 N–H and O–H groups in total. The maximum atomic E-state index is 11.1. The average Bonchev–Trinajstić information content (AvgIpc) is 2.96. The van der Waals surface area contributed by atoms with E-state index in [0.29, 0.717) is 11.7 Å². The van der Waals surface area contributed by atoms with Crippen LogP contribution in [0.25, 0.3) is 0 Å². The van der Waals surface area contributed by atoms with Crippen LogP contribution < -0.4 is 5.73 Å². The van der Waals surface area contributed by atoms with Crippen molar-refractivity contribution in [3.63, 3.8) is 0 Å². The summed E-state index contributed by atoms with van der Waals surface area (Å²) in [5.74, 6) is 0.516. The largest absolute Gasteiger partial charge is 0.380 e. The number of aromatic nitrogens is 2. The van der Waals surface area contributed by atoms with Gasteiger partial charge < -0.3 is 15.0 Å². The Balaban J connectivity index is 1.71. The number of hydrogen-bond acceptors (Lipinski definition) is 4. The molecule has 0 radical (unpaired) electrons. The van der Waals surface area contributed by atoms with Crippen molar-refractivity contribution in [1.82, 2.24) is 14.5 Å². The minimum absolute atomic E-state index is 0.377. The third-order valence-corrected chi connectivity index (χ3v) is 3.78. The number of carbonyl (C=O) groups excluding carboxylic acids is 1. The van der Waals surface area contributed by atoms with Crippen LogP contribution in [0.3, 0.4) is 0 Å². The fraction of sp³-hybridized carbons (Fsp3) is 0.667. The van der Waals surface area contributed by atoms with Gasteiger partial charge in [0.2, 0.25) is 0 Å². The van der Waals surface area contributed by atoms with Crippen molar-refractivity contribution in [1.29, 1.82) is 0 Å². The Labute approximate surface area is 106 Å². The number of carbonyl (C=O) groups is 1. The molecule has 1 saturated heterocycles. The predicted octanol–water partition coefficient (Wildman–Crippen LogP) is -0.371. The van der Waals surface area contributed by atoms with Gasteiger partial charge in [-0.3, -0.25) is 9.69 Å². The summed E-state index contributed by atoms with van der Waals surface area (Å²) in [4.78, 5) is 17.9. The van der Waals surface area contributed by atoms with Gasteiger partial charge in [-0.05, 0) is 6.42 Å². The van der Waals surface area contributed by atoms with Gasteiger partial charge in [0, 0.05) is 44.9 Å². The Bertz CT molecular complexity index is 425. The number of nitrogens with zero attached hydrogens (tertiary/aromatic N) is 3. The second kappa shape index (κ2) is 4.70. The van der Waals surface area contributed by atoms with Gasteiger partial charge in [-0.25, -0.2) is 4.98 Å². The van der Waals surface area contributed by atoms with E-state index < -0.39 is 5.91 Å². The molecule has 3 rings (SSSR count). The number of rotatable bonds is 2. The lowest BCUT2D eigenvalue weighted by Gasteiger charge is -2.25. The molecule has 1 amide bonds. The zero-order valence-corrected chi connectivity index (χ0v) is 10.3. The summed E-state index contributed by atoms with van der Waals surface area (Å²) in [5.41, 5.74) is 5.63. The van der Waals surface area contributed by atoms with Gasteiger partial charge >= 0.3 is 0 Å². The minimum Gasteiger partial charge on any atom is -0.380 e. The summed E-state index contributed by atoms with van der Waals surface area (Å²) < 4.78 is 7.49. The normalized spacial score (nSPS) is 24.8. The van der Waals surface area contributed by atoms with E-state index in [0.717, 1.165) is 51.5 Å². The van der Waals surface area contributed by atoms with Gasteiger partial charge in [0.15, 0.2) is 0 Å². The second-order valence-electron chi connectivity index (χ2n) is 4.90. The van der Waals surface area contributed by atoms with Crippen molar-refractivity contribution >= 4 is 5.91 Å². The van der Waals surface area contributed by atoms with Gasteiger partial charge in [-0.2, -0.15) is 0 Å². The van der Waals surface area contributed by atoms with E-state index in [9.17, 15) is 4.79 Å². The maximum absolute atomic E-state index is 11.1. The Morgan fingerprint density at radius 3 is 3.06 bits per heavy atom. The fourth-order valence-electron chi connectivity index (χ4n) is 2.73. The first-order valence-corrected chi connectivity index (χ1v) is 6.41. The highest BCUT2D eigenvalue weighted by atomic mass is 16.5. The highest BCUT2D eigenvalue weighted by Crippen LogP contribution is 2.16. The summed E-state index contributed by atoms with van der Waals surface area (Å²) in [6, 6.07) is 0.546. The smallest absolute Gasteiger partial charge is 0.268 e. The molecule has 0 spiro atoms. The van der Waals surface area contributed by atoms with E-state index >= 15 is 0 Å². The van der Waals surface area contributed by atoms with E-state index in [1.54, 1.807) is 6.20 Å². The fourth-order valence-corrected chi connectivity index (χ4v) is 2.73. The van der Waals surface area contributed by atoms with Crippen molar-refractivity contribution in [3.8, 4) is 0 Å². The molecular formula is C12H18N4O2. The molecule has 3 heterocycles. The molecule has 1 aromatic rings. The molecule has 0 bridgehead atoms. The van der Waals surface area contributed by atoms with Gasteiger partial charge in [-0.1, -0.05) is 0 Å². The quantitative estimate of drug-likeness (QED) is 0.777. The van der Waals surface area contributed by atoms with Crippen LogP contribution in [0.15, 0.2) is 6.20 Å². The summed E-state index contributed by atoms with van der Waals surface area (Å²) in [6.07, 6.45) is 3.75. The highest BCUT2D eigenvalue weighted by molar-refractivity contribution is 5.90. The van der Waals surface area contributed by atoms with Crippen molar-refractivity contribution in [3.05, 3.63) is 17.7 Å². The summed E-state index contributed by atoms with van der Waals surface area (Å²) in [7, 11) is 0. The molecule has 1 fully saturated rings. The van der Waals surface area contributed by atoms with Crippen LogP contribution >= 0.6 is 0 Å². The summed E-state index contributed by atoms with van der Waals surface area (Å²) in [6.45, 7) is 4.54. The van der Waals surface area contributed by atoms with E-state index in [4.69, 9.17) is 10.5 Å². The number of hydrogen-bond donors (Lipinski definition) is 1. The third kappa shape index (κ3) is 2.13. The molecule has 98 valence electrons. The molecular weight excluding hydrogens is 232 g/mol. The molecule has 6 heteroatoms. The van der Waals surface area contributed by atoms with E-state index in [1.165, 1.54) is 0 Å². The van der Waals surface area contributed by atoms with Gasteiger partial charge in [0.25, 0.3) is 5.91 Å². The monoisotopic (exact) mass is 250 g/mol. The first-order chi connectivity index (χ1) is 8.74. The SMILES string of the molecule is NC(=O)c1cn2c(n1)CCN(C1CCOC1)CC2. The van der Waals surface area contributed by atoms with Crippen LogP contribution in [0.1, 0.15) is 22.7 Å². The molecule has 2 aliphatic rings. The zero-order chi connectivity index (χ0) is 12.5. The molecule has 1 aromatic heterocycles. The number of fused-ring (bicyclic) bond motifs is 1. The highest BCUT2D eigenvalue weighted by Gasteiger charge is 2.25. The minimum atomic E-state index is -0.448. The second-order valence-corrected chi connectivity index (χ2v) is 4.90. The van der Waals surface area contributed by atoms with Crippen LogP contribution in [0, 0.1) is 0 Å². The van der Waals surface area contributed by atoms with Gasteiger partial charge in [0.1, 0.15) is 11.5 Å². The van der Waals surface area contributed by atoms with Gasteiger partial charge in [0.05, 0.1) is 6.61 Å². The molecule has 1 atom stereocenters. The predicted molar refractivity (Wildman–Crippen MR) is 65.2 cm³/mol. The molecule has 6 nitrogen and oxygen atoms in total. The van der Waals surface area contributed by atoms with Crippen molar-refractivity contribution < 1.29 is 9.53 Å². The lowest BCUT2D eigenvalue weighted by Crippen LogP contribution is -2.37. The molecule has 18 heavy (non-hydrogen) atoms. The molecule has 0 aliphatic carbocycles. The van der Waals surface area contributed by atoms with E-state index in [1.807, 2.05) is 0 Å². The Hall–Kier alpha value is -1.40. The van der Waals surface area contributed by atoms with Crippen LogP contribution in [0.5, 0.6) is 0 Å². The van der Waals surface area contributed by atoms with Crippen LogP contribution in [-0.2, 0) is 17.7 Å². The Morgan fingerprint density at radius 1 is 1.44 bits per heavy atom. The molecule has 0 saturated carbocycles. The zero-order valence-electron chi connectivity index (χ0n) is 10.3. The number of ether oxygens (including phenoxy) is 1. The summed E-state index contributed by atoms with van der Waals surface area (Å²) >= 11 is 0. The number of nitrogens with two attached hydrogens (primary N) is 1. The van der Waals surface area contributed by atoms with Crippen LogP contribution in [0.4, 0.5) is 0 Å². The number of amides is 1. The van der Waals surface area contributed by atoms with Crippen molar-refractivity contribution in [2.75, 3.05) is 26.3 Å². The standard InChI is InChI=1S/C12H18N4O2/c13-12(17)10-7-16-5-4-15(3-1-11(16)14-10)9-2-6-18-8-9/h7,9H,1-6,8H2,(H2,13,17). The van der Waals surface area contributed by atoms with Crippen LogP contribution in [0.2, 0.25) is 0 Å².